The quantitative estimate of drug-likeness (QED) is 0.788. The van der Waals surface area contributed by atoms with E-state index in [2.05, 4.69) is 30.7 Å². The molecular weight excluding hydrogens is 250 g/mol. The molecule has 2 rings (SSSR count). The molecule has 0 aliphatic carbocycles. The molecule has 2 unspecified atom stereocenters. The van der Waals surface area contributed by atoms with Gasteiger partial charge in [0.15, 0.2) is 0 Å². The Bertz CT molecular complexity index is 534. The third-order valence-electron chi connectivity index (χ3n) is 3.48. The van der Waals surface area contributed by atoms with Gasteiger partial charge in [-0.05, 0) is 24.3 Å². The maximum absolute atomic E-state index is 12.5. The zero-order chi connectivity index (χ0) is 14.5. The Hall–Kier alpha value is -1.86. The van der Waals surface area contributed by atoms with Crippen LogP contribution in [0.2, 0.25) is 0 Å². The monoisotopic (exact) mass is 271 g/mol. The molecule has 4 heteroatoms. The number of hydrogen-bond donors (Lipinski definition) is 1. The average molecular weight is 271 g/mol. The lowest BCUT2D eigenvalue weighted by atomic mass is 9.91. The number of carbonyl (C=O) groups excluding carboxylic acids is 1. The molecule has 1 aliphatic heterocycles. The molecule has 1 fully saturated rings. The summed E-state index contributed by atoms with van der Waals surface area (Å²) in [6.07, 6.45) is 4.45. The van der Waals surface area contributed by atoms with Crippen LogP contribution >= 0.6 is 0 Å². The van der Waals surface area contributed by atoms with Gasteiger partial charge in [0.05, 0.1) is 12.1 Å². The van der Waals surface area contributed by atoms with Crippen molar-refractivity contribution >= 4 is 5.91 Å². The highest BCUT2D eigenvalue weighted by molar-refractivity contribution is 5.94. The van der Waals surface area contributed by atoms with Gasteiger partial charge >= 0.3 is 0 Å². The van der Waals surface area contributed by atoms with E-state index in [4.69, 9.17) is 5.73 Å². The van der Waals surface area contributed by atoms with Crippen LogP contribution in [0.5, 0.6) is 0 Å². The zero-order valence-electron chi connectivity index (χ0n) is 12.1. The van der Waals surface area contributed by atoms with E-state index in [1.54, 1.807) is 18.5 Å². The van der Waals surface area contributed by atoms with Gasteiger partial charge in [0.1, 0.15) is 0 Å². The number of carbonyl (C=O) groups is 1. The molecule has 1 aromatic heterocycles. The minimum absolute atomic E-state index is 0.0484. The van der Waals surface area contributed by atoms with Crippen molar-refractivity contribution in [3.8, 4) is 11.8 Å². The number of aromatic nitrogens is 1. The highest BCUT2D eigenvalue weighted by atomic mass is 16.2. The Morgan fingerprint density at radius 2 is 2.10 bits per heavy atom. The number of likely N-dealkylation sites (tertiary alicyclic amines) is 1. The van der Waals surface area contributed by atoms with Crippen molar-refractivity contribution < 1.29 is 4.79 Å². The van der Waals surface area contributed by atoms with E-state index in [9.17, 15) is 4.79 Å². The van der Waals surface area contributed by atoms with Gasteiger partial charge in [-0.3, -0.25) is 9.78 Å². The molecule has 2 N–H and O–H groups in total. The lowest BCUT2D eigenvalue weighted by molar-refractivity contribution is 0.0622. The molecular formula is C16H21N3O. The predicted molar refractivity (Wildman–Crippen MR) is 79.0 cm³/mol. The molecule has 2 atom stereocenters. The average Bonchev–Trinajstić information content (AvgIpc) is 2.43. The number of piperidine rings is 1. The van der Waals surface area contributed by atoms with Crippen LogP contribution in [0.4, 0.5) is 0 Å². The number of nitrogens with two attached hydrogens (primary N) is 1. The first-order chi connectivity index (χ1) is 9.60. The third-order valence-corrected chi connectivity index (χ3v) is 3.48. The van der Waals surface area contributed by atoms with Gasteiger partial charge in [-0.1, -0.05) is 25.7 Å². The van der Waals surface area contributed by atoms with Crippen LogP contribution in [0.1, 0.15) is 36.2 Å². The second kappa shape index (κ2) is 6.53. The molecule has 20 heavy (non-hydrogen) atoms. The van der Waals surface area contributed by atoms with Gasteiger partial charge in [-0.15, -0.1) is 0 Å². The van der Waals surface area contributed by atoms with Crippen LogP contribution in [0.15, 0.2) is 18.5 Å². The van der Waals surface area contributed by atoms with Crippen molar-refractivity contribution in [2.75, 3.05) is 19.6 Å². The maximum atomic E-state index is 12.5. The summed E-state index contributed by atoms with van der Waals surface area (Å²) in [6, 6.07) is 1.79. The van der Waals surface area contributed by atoms with Crippen LogP contribution < -0.4 is 5.73 Å². The highest BCUT2D eigenvalue weighted by Gasteiger charge is 2.26. The van der Waals surface area contributed by atoms with Crippen molar-refractivity contribution in [2.24, 2.45) is 17.6 Å². The van der Waals surface area contributed by atoms with Crippen molar-refractivity contribution in [1.82, 2.24) is 9.88 Å². The summed E-state index contributed by atoms with van der Waals surface area (Å²) in [7, 11) is 0. The lowest BCUT2D eigenvalue weighted by Gasteiger charge is -2.35. The molecule has 1 saturated heterocycles. The smallest absolute Gasteiger partial charge is 0.255 e. The van der Waals surface area contributed by atoms with Crippen LogP contribution in [0, 0.1) is 23.7 Å². The summed E-state index contributed by atoms with van der Waals surface area (Å²) >= 11 is 0. The number of pyridine rings is 1. The molecule has 2 heterocycles. The van der Waals surface area contributed by atoms with Gasteiger partial charge < -0.3 is 10.6 Å². The van der Waals surface area contributed by atoms with E-state index in [1.807, 2.05) is 4.90 Å². The SMILES string of the molecule is CC1CC(C)CN(C(=O)c2cncc(C#CCN)c2)C1. The van der Waals surface area contributed by atoms with Gasteiger partial charge in [0.2, 0.25) is 0 Å². The molecule has 106 valence electrons. The Balaban J connectivity index is 2.16. The summed E-state index contributed by atoms with van der Waals surface area (Å²) in [5, 5.41) is 0. The van der Waals surface area contributed by atoms with Gasteiger partial charge in [0, 0.05) is 31.0 Å². The van der Waals surface area contributed by atoms with Crippen LogP contribution in [0.3, 0.4) is 0 Å². The van der Waals surface area contributed by atoms with Gasteiger partial charge in [0.25, 0.3) is 5.91 Å². The number of hydrogen-bond acceptors (Lipinski definition) is 3. The molecule has 0 aromatic carbocycles. The van der Waals surface area contributed by atoms with Crippen LogP contribution in [0.25, 0.3) is 0 Å². The molecule has 1 amide bonds. The van der Waals surface area contributed by atoms with E-state index in [0.29, 0.717) is 23.9 Å². The number of nitrogens with zero attached hydrogens (tertiary/aromatic N) is 2. The maximum Gasteiger partial charge on any atom is 0.255 e. The molecule has 0 radical (unpaired) electrons. The van der Waals surface area contributed by atoms with E-state index in [1.165, 1.54) is 6.42 Å². The largest absolute Gasteiger partial charge is 0.338 e. The summed E-state index contributed by atoms with van der Waals surface area (Å²) in [4.78, 5) is 18.6. The van der Waals surface area contributed by atoms with Crippen LogP contribution in [-0.4, -0.2) is 35.4 Å². The minimum atomic E-state index is 0.0484. The van der Waals surface area contributed by atoms with E-state index in [0.717, 1.165) is 18.7 Å². The topological polar surface area (TPSA) is 59.2 Å². The fourth-order valence-corrected chi connectivity index (χ4v) is 2.79. The predicted octanol–water partition coefficient (Wildman–Crippen LogP) is 1.51. The first-order valence-electron chi connectivity index (χ1n) is 7.03. The third kappa shape index (κ3) is 3.58. The lowest BCUT2D eigenvalue weighted by Crippen LogP contribution is -2.42. The standard InChI is InChI=1S/C16H21N3O/c1-12-6-13(2)11-19(10-12)16(20)15-7-14(4-3-5-17)8-18-9-15/h7-9,12-13H,5-6,10-11,17H2,1-2H3. The zero-order valence-corrected chi connectivity index (χ0v) is 12.1. The normalized spacial score (nSPS) is 22.1. The van der Waals surface area contributed by atoms with Gasteiger partial charge in [-0.25, -0.2) is 0 Å². The first-order valence-corrected chi connectivity index (χ1v) is 7.03. The Labute approximate surface area is 120 Å². The van der Waals surface area contributed by atoms with Crippen molar-refractivity contribution in [3.63, 3.8) is 0 Å². The molecule has 0 bridgehead atoms. The molecule has 0 saturated carbocycles. The first kappa shape index (κ1) is 14.5. The van der Waals surface area contributed by atoms with E-state index >= 15 is 0 Å². The summed E-state index contributed by atoms with van der Waals surface area (Å²) in [5.41, 5.74) is 6.69. The molecule has 0 spiro atoms. The Kier molecular flexibility index (Phi) is 4.75. The molecule has 1 aliphatic rings. The fraction of sp³-hybridized carbons (Fsp3) is 0.500. The van der Waals surface area contributed by atoms with Crippen molar-refractivity contribution in [2.45, 2.75) is 20.3 Å². The van der Waals surface area contributed by atoms with E-state index < -0.39 is 0 Å². The Morgan fingerprint density at radius 1 is 1.40 bits per heavy atom. The van der Waals surface area contributed by atoms with E-state index in [-0.39, 0.29) is 5.91 Å². The van der Waals surface area contributed by atoms with Crippen molar-refractivity contribution in [3.05, 3.63) is 29.6 Å². The van der Waals surface area contributed by atoms with Gasteiger partial charge in [-0.2, -0.15) is 0 Å². The second-order valence-corrected chi connectivity index (χ2v) is 5.62. The minimum Gasteiger partial charge on any atom is -0.338 e. The summed E-state index contributed by atoms with van der Waals surface area (Å²) in [6.45, 7) is 6.33. The van der Waals surface area contributed by atoms with Crippen LogP contribution in [-0.2, 0) is 0 Å². The summed E-state index contributed by atoms with van der Waals surface area (Å²) < 4.78 is 0. The second-order valence-electron chi connectivity index (χ2n) is 5.62. The Morgan fingerprint density at radius 3 is 2.75 bits per heavy atom. The summed E-state index contributed by atoms with van der Waals surface area (Å²) in [5.74, 6) is 6.84. The van der Waals surface area contributed by atoms with Crippen molar-refractivity contribution in [1.29, 1.82) is 0 Å². The fourth-order valence-electron chi connectivity index (χ4n) is 2.79. The highest BCUT2D eigenvalue weighted by Crippen LogP contribution is 2.22. The molecule has 4 nitrogen and oxygen atoms in total. The molecule has 1 aromatic rings. The number of rotatable bonds is 1. The number of amides is 1.